The molecule has 0 aliphatic heterocycles. The van der Waals surface area contributed by atoms with Gasteiger partial charge in [0.15, 0.2) is 5.12 Å². The topological polar surface area (TPSA) is 57.5 Å². The highest BCUT2D eigenvalue weighted by molar-refractivity contribution is 8.13. The van der Waals surface area contributed by atoms with Gasteiger partial charge in [-0.2, -0.15) is 0 Å². The molecule has 0 aliphatic rings. The molecule has 0 aliphatic carbocycles. The Morgan fingerprint density at radius 2 is 2.12 bits per heavy atom. The summed E-state index contributed by atoms with van der Waals surface area (Å²) in [4.78, 5) is 10.7. The average molecular weight is 258 g/mol. The van der Waals surface area contributed by atoms with Gasteiger partial charge in [0.2, 0.25) is 0 Å². The van der Waals surface area contributed by atoms with Crippen LogP contribution in [0.5, 0.6) is 0 Å². The first-order chi connectivity index (χ1) is 7.91. The van der Waals surface area contributed by atoms with Crippen molar-refractivity contribution in [2.75, 3.05) is 5.75 Å². The standard InChI is InChI=1S/C12H15FO3S/c1-7-5-9(13)3-4-10(7)12(16)11(15)6-17-8(2)14/h3-5,11-12,15-16H,6H2,1-2H3. The normalized spacial score (nSPS) is 14.4. The van der Waals surface area contributed by atoms with E-state index in [4.69, 9.17) is 0 Å². The van der Waals surface area contributed by atoms with Gasteiger partial charge in [-0.15, -0.1) is 0 Å². The van der Waals surface area contributed by atoms with E-state index in [-0.39, 0.29) is 16.7 Å². The van der Waals surface area contributed by atoms with Crippen molar-refractivity contribution >= 4 is 16.9 Å². The Labute approximate surface area is 104 Å². The molecule has 2 unspecified atom stereocenters. The van der Waals surface area contributed by atoms with Crippen LogP contribution in [0.15, 0.2) is 18.2 Å². The maximum Gasteiger partial charge on any atom is 0.185 e. The Kier molecular flexibility index (Phi) is 5.11. The highest BCUT2D eigenvalue weighted by Crippen LogP contribution is 2.23. The molecule has 0 bridgehead atoms. The summed E-state index contributed by atoms with van der Waals surface area (Å²) in [6, 6.07) is 3.97. The first-order valence-corrected chi connectivity index (χ1v) is 6.16. The number of carbonyl (C=O) groups excluding carboxylic acids is 1. The maximum atomic E-state index is 12.9. The second kappa shape index (κ2) is 6.14. The summed E-state index contributed by atoms with van der Waals surface area (Å²) >= 11 is 0.948. The van der Waals surface area contributed by atoms with E-state index < -0.39 is 12.2 Å². The van der Waals surface area contributed by atoms with Gasteiger partial charge in [0, 0.05) is 12.7 Å². The highest BCUT2D eigenvalue weighted by atomic mass is 32.2. The van der Waals surface area contributed by atoms with Gasteiger partial charge in [0.05, 0.1) is 6.10 Å². The highest BCUT2D eigenvalue weighted by Gasteiger charge is 2.20. The first kappa shape index (κ1) is 14.2. The number of aryl methyl sites for hydroxylation is 1. The third-order valence-electron chi connectivity index (χ3n) is 2.37. The number of carbonyl (C=O) groups is 1. The quantitative estimate of drug-likeness (QED) is 0.864. The predicted molar refractivity (Wildman–Crippen MR) is 65.2 cm³/mol. The molecule has 0 amide bonds. The van der Waals surface area contributed by atoms with Gasteiger partial charge in [0.1, 0.15) is 11.9 Å². The van der Waals surface area contributed by atoms with Crippen LogP contribution in [0, 0.1) is 12.7 Å². The predicted octanol–water partition coefficient (Wildman–Crippen LogP) is 1.81. The molecule has 0 aromatic heterocycles. The molecule has 3 nitrogen and oxygen atoms in total. The Balaban J connectivity index is 2.74. The smallest absolute Gasteiger partial charge is 0.185 e. The summed E-state index contributed by atoms with van der Waals surface area (Å²) in [7, 11) is 0. The van der Waals surface area contributed by atoms with E-state index in [1.54, 1.807) is 6.92 Å². The van der Waals surface area contributed by atoms with E-state index in [0.717, 1.165) is 11.8 Å². The zero-order chi connectivity index (χ0) is 13.0. The van der Waals surface area contributed by atoms with E-state index in [1.807, 2.05) is 0 Å². The van der Waals surface area contributed by atoms with Crippen LogP contribution in [-0.4, -0.2) is 27.2 Å². The molecule has 2 atom stereocenters. The minimum absolute atomic E-state index is 0.118. The number of thioether (sulfide) groups is 1. The molecule has 0 radical (unpaired) electrons. The fourth-order valence-corrected chi connectivity index (χ4v) is 2.06. The minimum Gasteiger partial charge on any atom is -0.389 e. The fraction of sp³-hybridized carbons (Fsp3) is 0.417. The molecule has 1 aromatic rings. The van der Waals surface area contributed by atoms with Gasteiger partial charge in [-0.25, -0.2) is 4.39 Å². The molecule has 2 N–H and O–H groups in total. The Bertz CT molecular complexity index is 409. The van der Waals surface area contributed by atoms with Gasteiger partial charge < -0.3 is 10.2 Å². The molecule has 1 aromatic carbocycles. The number of aliphatic hydroxyl groups excluding tert-OH is 2. The number of rotatable bonds is 4. The van der Waals surface area contributed by atoms with E-state index in [1.165, 1.54) is 25.1 Å². The fourth-order valence-electron chi connectivity index (χ4n) is 1.47. The molecule has 0 fully saturated rings. The van der Waals surface area contributed by atoms with Crippen LogP contribution in [0.25, 0.3) is 0 Å². The number of benzene rings is 1. The summed E-state index contributed by atoms with van der Waals surface area (Å²) in [6.45, 7) is 3.05. The molecule has 5 heteroatoms. The third kappa shape index (κ3) is 4.11. The van der Waals surface area contributed by atoms with Gasteiger partial charge in [-0.3, -0.25) is 4.79 Å². The van der Waals surface area contributed by atoms with Crippen molar-refractivity contribution in [1.82, 2.24) is 0 Å². The molecule has 0 spiro atoms. The number of hydrogen-bond acceptors (Lipinski definition) is 4. The lowest BCUT2D eigenvalue weighted by atomic mass is 10.0. The summed E-state index contributed by atoms with van der Waals surface area (Å²) in [5.41, 5.74) is 1.05. The van der Waals surface area contributed by atoms with Crippen LogP contribution in [0.2, 0.25) is 0 Å². The Morgan fingerprint density at radius 3 is 2.65 bits per heavy atom. The molecule has 0 saturated heterocycles. The van der Waals surface area contributed by atoms with Crippen LogP contribution in [0.3, 0.4) is 0 Å². The first-order valence-electron chi connectivity index (χ1n) is 5.17. The molecule has 94 valence electrons. The molecule has 17 heavy (non-hydrogen) atoms. The van der Waals surface area contributed by atoms with E-state index in [0.29, 0.717) is 11.1 Å². The molecule has 0 saturated carbocycles. The second-order valence-corrected chi connectivity index (χ2v) is 5.01. The Morgan fingerprint density at radius 1 is 1.47 bits per heavy atom. The number of aliphatic hydroxyl groups is 2. The number of halogens is 1. The monoisotopic (exact) mass is 258 g/mol. The van der Waals surface area contributed by atoms with E-state index >= 15 is 0 Å². The van der Waals surface area contributed by atoms with Crippen molar-refractivity contribution in [2.24, 2.45) is 0 Å². The zero-order valence-electron chi connectivity index (χ0n) is 9.68. The second-order valence-electron chi connectivity index (χ2n) is 3.82. The van der Waals surface area contributed by atoms with Crippen LogP contribution in [-0.2, 0) is 4.79 Å². The Hall–Kier alpha value is -0.910. The summed E-state index contributed by atoms with van der Waals surface area (Å²) in [5, 5.41) is 19.5. The lowest BCUT2D eigenvalue weighted by molar-refractivity contribution is -0.109. The zero-order valence-corrected chi connectivity index (χ0v) is 10.5. The maximum absolute atomic E-state index is 12.9. The van der Waals surface area contributed by atoms with Crippen molar-refractivity contribution in [2.45, 2.75) is 26.1 Å². The van der Waals surface area contributed by atoms with Gasteiger partial charge in [-0.1, -0.05) is 17.8 Å². The summed E-state index contributed by atoms with van der Waals surface area (Å²) in [6.07, 6.45) is -2.16. The van der Waals surface area contributed by atoms with Crippen molar-refractivity contribution in [3.05, 3.63) is 35.1 Å². The van der Waals surface area contributed by atoms with Gasteiger partial charge in [0.25, 0.3) is 0 Å². The SMILES string of the molecule is CC(=O)SCC(O)C(O)c1ccc(F)cc1C. The van der Waals surface area contributed by atoms with Crippen molar-refractivity contribution in [3.8, 4) is 0 Å². The van der Waals surface area contributed by atoms with Crippen LogP contribution in [0.1, 0.15) is 24.2 Å². The van der Waals surface area contributed by atoms with Crippen molar-refractivity contribution < 1.29 is 19.4 Å². The number of hydrogen-bond donors (Lipinski definition) is 2. The molecular weight excluding hydrogens is 243 g/mol. The lowest BCUT2D eigenvalue weighted by Crippen LogP contribution is -2.22. The van der Waals surface area contributed by atoms with Crippen molar-refractivity contribution in [1.29, 1.82) is 0 Å². The van der Waals surface area contributed by atoms with Crippen LogP contribution >= 0.6 is 11.8 Å². The summed E-state index contributed by atoms with van der Waals surface area (Å²) in [5.74, 6) is -0.265. The van der Waals surface area contributed by atoms with Gasteiger partial charge >= 0.3 is 0 Å². The molecule has 0 heterocycles. The van der Waals surface area contributed by atoms with Gasteiger partial charge in [-0.05, 0) is 30.2 Å². The summed E-state index contributed by atoms with van der Waals surface area (Å²) < 4.78 is 12.9. The van der Waals surface area contributed by atoms with E-state index in [9.17, 15) is 19.4 Å². The van der Waals surface area contributed by atoms with Crippen LogP contribution < -0.4 is 0 Å². The van der Waals surface area contributed by atoms with Crippen LogP contribution in [0.4, 0.5) is 4.39 Å². The van der Waals surface area contributed by atoms with Crippen molar-refractivity contribution in [3.63, 3.8) is 0 Å². The third-order valence-corrected chi connectivity index (χ3v) is 3.29. The largest absolute Gasteiger partial charge is 0.389 e. The minimum atomic E-state index is -1.11. The lowest BCUT2D eigenvalue weighted by Gasteiger charge is -2.19. The molecule has 1 rings (SSSR count). The molecular formula is C12H15FO3S. The van der Waals surface area contributed by atoms with E-state index in [2.05, 4.69) is 0 Å². The average Bonchev–Trinajstić information content (AvgIpc) is 2.25.